The van der Waals surface area contributed by atoms with Crippen LogP contribution in [0.2, 0.25) is 0 Å². The molecule has 0 aliphatic carbocycles. The van der Waals surface area contributed by atoms with Crippen LogP contribution in [0.4, 0.5) is 0 Å². The second-order valence-electron chi connectivity index (χ2n) is 7.56. The fraction of sp³-hybridized carbons (Fsp3) is 0.952. The summed E-state index contributed by atoms with van der Waals surface area (Å²) in [7, 11) is 0. The van der Waals surface area contributed by atoms with E-state index in [4.69, 9.17) is 0 Å². The highest BCUT2D eigenvalue weighted by atomic mass is 16.2. The van der Waals surface area contributed by atoms with Gasteiger partial charge in [0.2, 0.25) is 5.91 Å². The largest absolute Gasteiger partial charge is 0.327 e. The van der Waals surface area contributed by atoms with Gasteiger partial charge in [0, 0.05) is 13.0 Å². The van der Waals surface area contributed by atoms with Gasteiger partial charge in [-0.15, -0.1) is 0 Å². The summed E-state index contributed by atoms with van der Waals surface area (Å²) in [6.45, 7) is 6.39. The lowest BCUT2D eigenvalue weighted by atomic mass is 10.1. The van der Waals surface area contributed by atoms with Crippen molar-refractivity contribution in [2.45, 2.75) is 116 Å². The number of hydrogen-bond acceptors (Lipinski definition) is 2. The lowest BCUT2D eigenvalue weighted by Crippen LogP contribution is -2.49. The van der Waals surface area contributed by atoms with Crippen molar-refractivity contribution in [2.24, 2.45) is 0 Å². The Kier molecular flexibility index (Phi) is 13.2. The molecule has 24 heavy (non-hydrogen) atoms. The van der Waals surface area contributed by atoms with Crippen LogP contribution in [0.1, 0.15) is 110 Å². The third-order valence-corrected chi connectivity index (χ3v) is 5.30. The molecule has 1 aliphatic rings. The average molecular weight is 339 g/mol. The van der Waals surface area contributed by atoms with Gasteiger partial charge in [-0.25, -0.2) is 0 Å². The molecule has 1 N–H and O–H groups in total. The quantitative estimate of drug-likeness (QED) is 0.392. The summed E-state index contributed by atoms with van der Waals surface area (Å²) >= 11 is 0. The second-order valence-corrected chi connectivity index (χ2v) is 7.56. The zero-order chi connectivity index (χ0) is 17.5. The average Bonchev–Trinajstić information content (AvgIpc) is 2.59. The molecule has 3 heteroatoms. The predicted molar refractivity (Wildman–Crippen MR) is 104 cm³/mol. The van der Waals surface area contributed by atoms with Gasteiger partial charge in [-0.2, -0.15) is 0 Å². The van der Waals surface area contributed by atoms with E-state index in [1.165, 1.54) is 77.0 Å². The molecule has 1 saturated heterocycles. The van der Waals surface area contributed by atoms with Gasteiger partial charge < -0.3 is 4.90 Å². The van der Waals surface area contributed by atoms with Gasteiger partial charge in [-0.1, -0.05) is 77.6 Å². The highest BCUT2D eigenvalue weighted by Gasteiger charge is 2.22. The minimum absolute atomic E-state index is 0.213. The number of unbranched alkanes of at least 4 members (excludes halogenated alkanes) is 11. The highest BCUT2D eigenvalue weighted by molar-refractivity contribution is 5.77. The molecule has 1 unspecified atom stereocenters. The van der Waals surface area contributed by atoms with E-state index in [0.29, 0.717) is 5.91 Å². The number of carbonyl (C=O) groups is 1. The highest BCUT2D eigenvalue weighted by Crippen LogP contribution is 2.13. The van der Waals surface area contributed by atoms with Gasteiger partial charge in [0.25, 0.3) is 0 Å². The number of carbonyl (C=O) groups excluding carboxylic acids is 1. The van der Waals surface area contributed by atoms with Crippen molar-refractivity contribution < 1.29 is 4.79 Å². The molecule has 0 aromatic carbocycles. The van der Waals surface area contributed by atoms with Crippen molar-refractivity contribution in [3.05, 3.63) is 0 Å². The molecule has 142 valence electrons. The summed E-state index contributed by atoms with van der Waals surface area (Å²) in [6.07, 6.45) is 19.9. The van der Waals surface area contributed by atoms with Crippen LogP contribution in [0.15, 0.2) is 0 Å². The van der Waals surface area contributed by atoms with Gasteiger partial charge in [0.05, 0.1) is 6.17 Å². The van der Waals surface area contributed by atoms with Crippen molar-refractivity contribution in [2.75, 3.05) is 13.1 Å². The van der Waals surface area contributed by atoms with Gasteiger partial charge in [-0.3, -0.25) is 10.1 Å². The van der Waals surface area contributed by atoms with Crippen molar-refractivity contribution >= 4 is 5.91 Å². The molecule has 1 atom stereocenters. The summed E-state index contributed by atoms with van der Waals surface area (Å²) < 4.78 is 0. The monoisotopic (exact) mass is 338 g/mol. The standard InChI is InChI=1S/C21H42N2O/c1-3-4-5-6-7-8-9-10-11-12-13-15-18-22-20(2)23-19-16-14-17-21(23)24/h20,22H,3-19H2,1-2H3. The Bertz CT molecular complexity index is 306. The maximum Gasteiger partial charge on any atom is 0.223 e. The van der Waals surface area contributed by atoms with Gasteiger partial charge in [0.15, 0.2) is 0 Å². The van der Waals surface area contributed by atoms with Crippen LogP contribution in [-0.2, 0) is 4.79 Å². The number of piperidine rings is 1. The lowest BCUT2D eigenvalue weighted by molar-refractivity contribution is -0.136. The summed E-state index contributed by atoms with van der Waals surface area (Å²) in [5, 5.41) is 3.52. The molecule has 0 radical (unpaired) electrons. The van der Waals surface area contributed by atoms with Crippen LogP contribution in [0.5, 0.6) is 0 Å². The zero-order valence-electron chi connectivity index (χ0n) is 16.5. The van der Waals surface area contributed by atoms with E-state index in [1.807, 2.05) is 4.90 Å². The summed E-state index contributed by atoms with van der Waals surface area (Å²) in [5.74, 6) is 0.330. The molecule has 1 amide bonds. The van der Waals surface area contributed by atoms with E-state index in [1.54, 1.807) is 0 Å². The van der Waals surface area contributed by atoms with Gasteiger partial charge >= 0.3 is 0 Å². The van der Waals surface area contributed by atoms with E-state index in [9.17, 15) is 4.79 Å². The third-order valence-electron chi connectivity index (χ3n) is 5.30. The molecule has 0 saturated carbocycles. The fourth-order valence-electron chi connectivity index (χ4n) is 3.62. The topological polar surface area (TPSA) is 32.3 Å². The molecule has 1 aliphatic heterocycles. The van der Waals surface area contributed by atoms with Crippen molar-refractivity contribution in [3.63, 3.8) is 0 Å². The van der Waals surface area contributed by atoms with E-state index >= 15 is 0 Å². The van der Waals surface area contributed by atoms with Crippen LogP contribution in [0, 0.1) is 0 Å². The molecule has 0 aromatic rings. The number of amides is 1. The van der Waals surface area contributed by atoms with Gasteiger partial charge in [-0.05, 0) is 32.7 Å². The number of nitrogens with zero attached hydrogens (tertiary/aromatic N) is 1. The first-order chi connectivity index (χ1) is 11.8. The molecule has 0 aromatic heterocycles. The SMILES string of the molecule is CCCCCCCCCCCCCCNC(C)N1CCCCC1=O. The summed E-state index contributed by atoms with van der Waals surface area (Å²) in [5.41, 5.74) is 0. The van der Waals surface area contributed by atoms with E-state index in [0.717, 1.165) is 32.4 Å². The normalized spacial score (nSPS) is 16.6. The maximum absolute atomic E-state index is 11.9. The Morgan fingerprint density at radius 2 is 1.42 bits per heavy atom. The number of hydrogen-bond donors (Lipinski definition) is 1. The van der Waals surface area contributed by atoms with Crippen LogP contribution >= 0.6 is 0 Å². The maximum atomic E-state index is 11.9. The Balaban J connectivity index is 1.82. The molecule has 1 heterocycles. The Hall–Kier alpha value is -0.570. The molecular weight excluding hydrogens is 296 g/mol. The third kappa shape index (κ3) is 10.3. The fourth-order valence-corrected chi connectivity index (χ4v) is 3.62. The van der Waals surface area contributed by atoms with Crippen LogP contribution in [0.25, 0.3) is 0 Å². The molecule has 0 spiro atoms. The Morgan fingerprint density at radius 1 is 0.875 bits per heavy atom. The van der Waals surface area contributed by atoms with Gasteiger partial charge in [0.1, 0.15) is 0 Å². The minimum Gasteiger partial charge on any atom is -0.327 e. The van der Waals surface area contributed by atoms with Crippen LogP contribution < -0.4 is 5.32 Å². The van der Waals surface area contributed by atoms with Crippen molar-refractivity contribution in [1.29, 1.82) is 0 Å². The van der Waals surface area contributed by atoms with Crippen LogP contribution in [-0.4, -0.2) is 30.1 Å². The molecular formula is C21H42N2O. The van der Waals surface area contributed by atoms with Crippen molar-refractivity contribution in [3.8, 4) is 0 Å². The number of likely N-dealkylation sites (tertiary alicyclic amines) is 1. The molecule has 3 nitrogen and oxygen atoms in total. The molecule has 1 fully saturated rings. The van der Waals surface area contributed by atoms with E-state index < -0.39 is 0 Å². The predicted octanol–water partition coefficient (Wildman–Crippen LogP) is 5.64. The Morgan fingerprint density at radius 3 is 1.96 bits per heavy atom. The van der Waals surface area contributed by atoms with E-state index in [-0.39, 0.29) is 6.17 Å². The van der Waals surface area contributed by atoms with Crippen molar-refractivity contribution in [1.82, 2.24) is 10.2 Å². The first-order valence-electron chi connectivity index (χ1n) is 10.8. The summed E-state index contributed by atoms with van der Waals surface area (Å²) in [4.78, 5) is 13.9. The van der Waals surface area contributed by atoms with E-state index in [2.05, 4.69) is 19.2 Å². The molecule has 1 rings (SSSR count). The smallest absolute Gasteiger partial charge is 0.223 e. The first kappa shape index (κ1) is 21.5. The van der Waals surface area contributed by atoms with Crippen LogP contribution in [0.3, 0.4) is 0 Å². The molecule has 0 bridgehead atoms. The lowest BCUT2D eigenvalue weighted by Gasteiger charge is -2.33. The summed E-state index contributed by atoms with van der Waals surface area (Å²) in [6, 6.07) is 0. The first-order valence-corrected chi connectivity index (χ1v) is 10.8. The Labute approximate surface area is 151 Å². The number of rotatable bonds is 15. The zero-order valence-corrected chi connectivity index (χ0v) is 16.5. The number of nitrogens with one attached hydrogen (secondary N) is 1. The minimum atomic E-state index is 0.213. The second kappa shape index (κ2) is 14.7.